The van der Waals surface area contributed by atoms with Crippen molar-refractivity contribution in [2.24, 2.45) is 17.6 Å². The number of aliphatic carboxylic acids is 2. The molecule has 3 N–H and O–H groups in total. The van der Waals surface area contributed by atoms with Gasteiger partial charge in [0.1, 0.15) is 5.97 Å². The van der Waals surface area contributed by atoms with Gasteiger partial charge in [0.15, 0.2) is 0 Å². The van der Waals surface area contributed by atoms with Crippen LogP contribution < -0.4 is 10.8 Å². The first-order valence-electron chi connectivity index (χ1n) is 7.54. The van der Waals surface area contributed by atoms with Crippen molar-refractivity contribution in [1.82, 2.24) is 0 Å². The van der Waals surface area contributed by atoms with Gasteiger partial charge in [-0.1, -0.05) is 6.92 Å². The van der Waals surface area contributed by atoms with Crippen molar-refractivity contribution < 1.29 is 50.6 Å². The molecule has 1 aliphatic carbocycles. The van der Waals surface area contributed by atoms with Gasteiger partial charge in [-0.25, -0.2) is 4.79 Å². The molecule has 0 aliphatic heterocycles. The summed E-state index contributed by atoms with van der Waals surface area (Å²) >= 11 is 0. The third-order valence-corrected chi connectivity index (χ3v) is 3.45. The molecule has 0 bridgehead atoms. The van der Waals surface area contributed by atoms with Crippen LogP contribution in [-0.4, -0.2) is 67.6 Å². The lowest BCUT2D eigenvalue weighted by Gasteiger charge is -2.29. The van der Waals surface area contributed by atoms with E-state index in [1.165, 1.54) is 19.5 Å². The van der Waals surface area contributed by atoms with Gasteiger partial charge in [-0.15, -0.1) is 0 Å². The van der Waals surface area contributed by atoms with Crippen LogP contribution in [0.15, 0.2) is 0 Å². The number of carboxylic acid groups (broad SMARTS) is 2. The van der Waals surface area contributed by atoms with Gasteiger partial charge in [0.05, 0.1) is 27.2 Å². The molecule has 1 aliphatic rings. The molecular weight excluding hydrogens is 374 g/mol. The first-order chi connectivity index (χ1) is 11.4. The second kappa shape index (κ2) is 10.6. The van der Waals surface area contributed by atoms with Crippen LogP contribution in [0.25, 0.3) is 0 Å². The molecule has 0 heterocycles. The van der Waals surface area contributed by atoms with Gasteiger partial charge in [-0.3, -0.25) is 0 Å². The summed E-state index contributed by atoms with van der Waals surface area (Å²) in [4.78, 5) is 17.7. The number of carbonyl (C=O) groups is 2. The molecule has 0 aromatic rings. The number of hydrogen-bond acceptors (Lipinski definition) is 4. The van der Waals surface area contributed by atoms with E-state index in [1.807, 2.05) is 0 Å². The number of rotatable bonds is 5. The molecule has 0 amide bonds. The smallest absolute Gasteiger partial charge is 0.490 e. The van der Waals surface area contributed by atoms with Crippen molar-refractivity contribution in [2.75, 3.05) is 33.7 Å². The molecule has 0 aromatic heterocycles. The van der Waals surface area contributed by atoms with E-state index >= 15 is 0 Å². The average Bonchev–Trinajstić information content (AvgIpc) is 3.10. The molecule has 0 spiro atoms. The van der Waals surface area contributed by atoms with E-state index in [2.05, 4.69) is 21.0 Å². The first-order valence-corrected chi connectivity index (χ1v) is 7.54. The van der Waals surface area contributed by atoms with E-state index in [0.29, 0.717) is 0 Å². The summed E-state index contributed by atoms with van der Waals surface area (Å²) in [5, 5.41) is 15.9. The van der Waals surface area contributed by atoms with Crippen LogP contribution in [0.5, 0.6) is 0 Å². The molecular formula is C14H24F6N2O4. The average molecular weight is 398 g/mol. The number of carbonyl (C=O) groups excluding carboxylic acids is 1. The molecule has 2 unspecified atom stereocenters. The molecule has 1 fully saturated rings. The molecule has 1 saturated carbocycles. The molecule has 0 aromatic carbocycles. The molecule has 12 heteroatoms. The maximum Gasteiger partial charge on any atom is 0.490 e. The van der Waals surface area contributed by atoms with Crippen molar-refractivity contribution in [3.8, 4) is 0 Å². The summed E-state index contributed by atoms with van der Waals surface area (Å²) in [6.07, 6.45) is -7.67. The van der Waals surface area contributed by atoms with Gasteiger partial charge in [0, 0.05) is 12.3 Å². The van der Waals surface area contributed by atoms with Crippen molar-refractivity contribution in [3.05, 3.63) is 0 Å². The Morgan fingerprint density at radius 1 is 1.15 bits per heavy atom. The Labute approximate surface area is 147 Å². The maximum absolute atomic E-state index is 10.6. The number of nitrogens with zero attached hydrogens (tertiary/aromatic N) is 1. The Morgan fingerprint density at radius 3 is 1.69 bits per heavy atom. The summed E-state index contributed by atoms with van der Waals surface area (Å²) in [5.41, 5.74) is 5.50. The third-order valence-electron chi connectivity index (χ3n) is 3.45. The molecule has 2 atom stereocenters. The fourth-order valence-electron chi connectivity index (χ4n) is 1.90. The molecule has 156 valence electrons. The molecule has 26 heavy (non-hydrogen) atoms. The lowest BCUT2D eigenvalue weighted by atomic mass is 10.2. The van der Waals surface area contributed by atoms with Crippen molar-refractivity contribution >= 4 is 11.9 Å². The standard InChI is InChI=1S/C10H23N2.2C2HF3O2/c1-9-7-10(9)8-12(2,3)6-4-5-11;2*3-2(4,5)1(6)7/h9-10H,4-8,11H2,1-3H3;2*(H,6,7)/q+1;;/p-1. The van der Waals surface area contributed by atoms with E-state index in [0.717, 1.165) is 29.3 Å². The van der Waals surface area contributed by atoms with Gasteiger partial charge in [0.2, 0.25) is 0 Å². The van der Waals surface area contributed by atoms with Crippen LogP contribution in [0, 0.1) is 11.8 Å². The highest BCUT2D eigenvalue weighted by molar-refractivity contribution is 5.73. The van der Waals surface area contributed by atoms with Crippen molar-refractivity contribution in [2.45, 2.75) is 32.1 Å². The van der Waals surface area contributed by atoms with E-state index < -0.39 is 24.3 Å². The normalized spacial score (nSPS) is 19.5. The van der Waals surface area contributed by atoms with Gasteiger partial charge in [-0.2, -0.15) is 26.3 Å². The predicted octanol–water partition coefficient (Wildman–Crippen LogP) is 1.000. The zero-order valence-electron chi connectivity index (χ0n) is 14.7. The van der Waals surface area contributed by atoms with E-state index in [-0.39, 0.29) is 0 Å². The summed E-state index contributed by atoms with van der Waals surface area (Å²) in [5.74, 6) is -3.78. The predicted molar refractivity (Wildman–Crippen MR) is 77.5 cm³/mol. The second-order valence-electron chi connectivity index (χ2n) is 6.55. The van der Waals surface area contributed by atoms with Gasteiger partial charge < -0.3 is 25.2 Å². The van der Waals surface area contributed by atoms with Crippen LogP contribution in [-0.2, 0) is 9.59 Å². The first kappa shape index (κ1) is 26.7. The second-order valence-corrected chi connectivity index (χ2v) is 6.55. The largest absolute Gasteiger partial charge is 0.542 e. The number of halogens is 6. The zero-order chi connectivity index (χ0) is 21.3. The maximum atomic E-state index is 10.6. The number of hydrogen-bond donors (Lipinski definition) is 2. The molecule has 1 rings (SSSR count). The number of alkyl halides is 6. The fourth-order valence-corrected chi connectivity index (χ4v) is 1.90. The minimum atomic E-state index is -5.19. The van der Waals surface area contributed by atoms with Crippen LogP contribution in [0.3, 0.4) is 0 Å². The lowest BCUT2D eigenvalue weighted by molar-refractivity contribution is -0.892. The quantitative estimate of drug-likeness (QED) is 0.531. The SMILES string of the molecule is CC1CC1C[N+](C)(C)CCCN.O=C(O)C(F)(F)F.O=C([O-])C(F)(F)F. The highest BCUT2D eigenvalue weighted by atomic mass is 19.4. The van der Waals surface area contributed by atoms with Crippen LogP contribution in [0.4, 0.5) is 26.3 Å². The van der Waals surface area contributed by atoms with Crippen LogP contribution in [0.2, 0.25) is 0 Å². The van der Waals surface area contributed by atoms with Crippen molar-refractivity contribution in [1.29, 1.82) is 0 Å². The highest BCUT2D eigenvalue weighted by Gasteiger charge is 2.38. The number of quaternary nitrogens is 1. The Morgan fingerprint density at radius 2 is 1.50 bits per heavy atom. The Bertz CT molecular complexity index is 428. The Balaban J connectivity index is 0. The summed E-state index contributed by atoms with van der Waals surface area (Å²) in [6, 6.07) is 0. The monoisotopic (exact) mass is 398 g/mol. The zero-order valence-corrected chi connectivity index (χ0v) is 14.7. The third kappa shape index (κ3) is 14.8. The van der Waals surface area contributed by atoms with E-state index in [4.69, 9.17) is 25.5 Å². The fraction of sp³-hybridized carbons (Fsp3) is 0.857. The highest BCUT2D eigenvalue weighted by Crippen LogP contribution is 2.39. The summed E-state index contributed by atoms with van der Waals surface area (Å²) < 4.78 is 64.4. The van der Waals surface area contributed by atoms with Gasteiger partial charge in [-0.05, 0) is 18.9 Å². The topological polar surface area (TPSA) is 103 Å². The van der Waals surface area contributed by atoms with Crippen LogP contribution >= 0.6 is 0 Å². The lowest BCUT2D eigenvalue weighted by Crippen LogP contribution is -2.43. The van der Waals surface area contributed by atoms with Gasteiger partial charge >= 0.3 is 18.3 Å². The molecule has 0 saturated heterocycles. The Kier molecular flexibility index (Phi) is 10.8. The molecule has 0 radical (unpaired) electrons. The number of nitrogens with two attached hydrogens (primary N) is 1. The molecule has 6 nitrogen and oxygen atoms in total. The Hall–Kier alpha value is -1.56. The van der Waals surface area contributed by atoms with E-state index in [9.17, 15) is 26.3 Å². The minimum Gasteiger partial charge on any atom is -0.542 e. The van der Waals surface area contributed by atoms with Crippen LogP contribution in [0.1, 0.15) is 19.8 Å². The van der Waals surface area contributed by atoms with Gasteiger partial charge in [0.25, 0.3) is 0 Å². The summed E-state index contributed by atoms with van der Waals surface area (Å²) in [7, 11) is 4.64. The minimum absolute atomic E-state index is 0.835. The van der Waals surface area contributed by atoms with Crippen molar-refractivity contribution in [3.63, 3.8) is 0 Å². The summed E-state index contributed by atoms with van der Waals surface area (Å²) in [6.45, 7) is 5.77. The van der Waals surface area contributed by atoms with E-state index in [1.54, 1.807) is 0 Å². The number of carboxylic acids is 2.